The van der Waals surface area contributed by atoms with E-state index in [0.29, 0.717) is 12.8 Å². The van der Waals surface area contributed by atoms with Gasteiger partial charge < -0.3 is 14.7 Å². The smallest absolute Gasteiger partial charge is 0.408 e. The van der Waals surface area contributed by atoms with Crippen LogP contribution in [0.3, 0.4) is 0 Å². The van der Waals surface area contributed by atoms with Gasteiger partial charge in [0.2, 0.25) is 0 Å². The van der Waals surface area contributed by atoms with Crippen LogP contribution in [0.2, 0.25) is 0 Å². The van der Waals surface area contributed by atoms with Gasteiger partial charge in [-0.25, -0.2) is 4.79 Å². The summed E-state index contributed by atoms with van der Waals surface area (Å²) >= 11 is 0. The maximum Gasteiger partial charge on any atom is 0.408 e. The molecule has 0 aromatic heterocycles. The van der Waals surface area contributed by atoms with Crippen LogP contribution in [-0.4, -0.2) is 40.0 Å². The molecule has 0 bridgehead atoms. The molecule has 1 aliphatic heterocycles. The molecule has 0 aromatic carbocycles. The van der Waals surface area contributed by atoms with E-state index in [0.717, 1.165) is 0 Å². The lowest BCUT2D eigenvalue weighted by Gasteiger charge is -2.29. The average molecular weight is 231 g/mol. The molecule has 0 saturated heterocycles. The predicted octanol–water partition coefficient (Wildman–Crippen LogP) is 0.366. The molecule has 0 amide bonds. The Morgan fingerprint density at radius 1 is 1.56 bits per heavy atom. The third-order valence-electron chi connectivity index (χ3n) is 2.90. The quantitative estimate of drug-likeness (QED) is 0.558. The Morgan fingerprint density at radius 3 is 2.50 bits per heavy atom. The molecule has 16 heavy (non-hydrogen) atoms. The molecule has 0 aromatic rings. The highest BCUT2D eigenvalue weighted by atomic mass is 16.9. The summed E-state index contributed by atoms with van der Waals surface area (Å²) in [5, 5.41) is 21.4. The van der Waals surface area contributed by atoms with Gasteiger partial charge in [-0.05, 0) is 19.8 Å². The van der Waals surface area contributed by atoms with Gasteiger partial charge in [0.25, 0.3) is 0 Å². The molecule has 1 heterocycles. The van der Waals surface area contributed by atoms with E-state index in [1.165, 1.54) is 0 Å². The van der Waals surface area contributed by atoms with Gasteiger partial charge in [0.1, 0.15) is 5.60 Å². The lowest BCUT2D eigenvalue weighted by molar-refractivity contribution is -0.753. The number of esters is 1. The molecule has 0 aliphatic carbocycles. The van der Waals surface area contributed by atoms with Crippen molar-refractivity contribution < 1.29 is 24.4 Å². The van der Waals surface area contributed by atoms with Crippen molar-refractivity contribution in [3.63, 3.8) is 0 Å². The summed E-state index contributed by atoms with van der Waals surface area (Å²) in [4.78, 5) is 16.6. The van der Waals surface area contributed by atoms with E-state index in [-0.39, 0.29) is 17.2 Å². The van der Waals surface area contributed by atoms with Crippen molar-refractivity contribution in [2.24, 2.45) is 0 Å². The van der Waals surface area contributed by atoms with Crippen LogP contribution in [0.4, 0.5) is 0 Å². The van der Waals surface area contributed by atoms with Crippen molar-refractivity contribution in [3.05, 3.63) is 5.21 Å². The summed E-state index contributed by atoms with van der Waals surface area (Å²) in [7, 11) is 0. The number of rotatable bonds is 4. The van der Waals surface area contributed by atoms with Crippen LogP contribution in [0, 0.1) is 5.21 Å². The molecule has 0 fully saturated rings. The molecular weight excluding hydrogens is 214 g/mol. The first-order valence-electron chi connectivity index (χ1n) is 5.40. The van der Waals surface area contributed by atoms with Crippen molar-refractivity contribution in [2.75, 3.05) is 6.61 Å². The first-order valence-corrected chi connectivity index (χ1v) is 5.40. The summed E-state index contributed by atoms with van der Waals surface area (Å²) in [5.74, 6) is -0.825. The van der Waals surface area contributed by atoms with Crippen LogP contribution in [0.1, 0.15) is 33.6 Å². The van der Waals surface area contributed by atoms with Crippen LogP contribution in [-0.2, 0) is 14.4 Å². The zero-order valence-corrected chi connectivity index (χ0v) is 9.73. The lowest BCUT2D eigenvalue weighted by Crippen LogP contribution is -2.45. The summed E-state index contributed by atoms with van der Waals surface area (Å²) in [6.07, 6.45) is -0.363. The monoisotopic (exact) mass is 231 g/mol. The third kappa shape index (κ3) is 1.84. The maximum atomic E-state index is 11.4. The van der Waals surface area contributed by atoms with Gasteiger partial charge in [-0.1, -0.05) is 13.8 Å². The fraction of sp³-hybridized carbons (Fsp3) is 0.800. The molecular formula is C10H17NO5. The van der Waals surface area contributed by atoms with E-state index in [2.05, 4.69) is 0 Å². The van der Waals surface area contributed by atoms with Gasteiger partial charge in [0.05, 0.1) is 11.5 Å². The molecule has 1 aliphatic rings. The maximum absolute atomic E-state index is 11.4. The molecule has 0 saturated carbocycles. The Balaban J connectivity index is 2.95. The van der Waals surface area contributed by atoms with E-state index >= 15 is 0 Å². The SMILES string of the molecule is CCOC(=O)C1=[N+]([O-])OC(CC)(CC)C1O. The Bertz CT molecular complexity index is 308. The van der Waals surface area contributed by atoms with Crippen molar-refractivity contribution >= 4 is 11.7 Å². The third-order valence-corrected chi connectivity index (χ3v) is 2.90. The van der Waals surface area contributed by atoms with E-state index in [4.69, 9.17) is 9.57 Å². The average Bonchev–Trinajstić information content (AvgIpc) is 2.51. The number of hydrogen-bond donors (Lipinski definition) is 1. The fourth-order valence-electron chi connectivity index (χ4n) is 1.77. The second-order valence-corrected chi connectivity index (χ2v) is 3.63. The topological polar surface area (TPSA) is 81.8 Å². The van der Waals surface area contributed by atoms with Gasteiger partial charge in [0.15, 0.2) is 6.10 Å². The number of ether oxygens (including phenoxy) is 1. The number of nitrogens with zero attached hydrogens (tertiary/aromatic N) is 1. The minimum absolute atomic E-state index is 0.0790. The van der Waals surface area contributed by atoms with Gasteiger partial charge >= 0.3 is 11.7 Å². The minimum atomic E-state index is -1.24. The molecule has 1 unspecified atom stereocenters. The largest absolute Gasteiger partial charge is 0.458 e. The van der Waals surface area contributed by atoms with Crippen LogP contribution < -0.4 is 0 Å². The normalized spacial score (nSPS) is 23.1. The van der Waals surface area contributed by atoms with Crippen molar-refractivity contribution in [1.29, 1.82) is 0 Å². The number of carbonyl (C=O) groups is 1. The minimum Gasteiger partial charge on any atom is -0.458 e. The van der Waals surface area contributed by atoms with Crippen LogP contribution in [0.15, 0.2) is 0 Å². The first-order chi connectivity index (χ1) is 7.52. The summed E-state index contributed by atoms with van der Waals surface area (Å²) < 4.78 is 4.69. The Kier molecular flexibility index (Phi) is 3.74. The molecule has 0 radical (unpaired) electrons. The molecule has 1 N–H and O–H groups in total. The second kappa shape index (κ2) is 4.69. The standard InChI is InChI=1S/C10H17NO5/c1-4-10(5-2)8(12)7(11(14)16-10)9(13)15-6-3/h8,12H,4-6H2,1-3H3. The van der Waals surface area contributed by atoms with Crippen LogP contribution in [0.5, 0.6) is 0 Å². The Morgan fingerprint density at radius 2 is 2.12 bits per heavy atom. The summed E-state index contributed by atoms with van der Waals surface area (Å²) in [5.41, 5.74) is -1.38. The van der Waals surface area contributed by atoms with Crippen LogP contribution >= 0.6 is 0 Å². The Hall–Kier alpha value is -1.30. The van der Waals surface area contributed by atoms with E-state index < -0.39 is 17.7 Å². The number of carbonyl (C=O) groups excluding carboxylic acids is 1. The molecule has 1 rings (SSSR count). The molecule has 6 heteroatoms. The fourth-order valence-corrected chi connectivity index (χ4v) is 1.77. The van der Waals surface area contributed by atoms with E-state index in [1.54, 1.807) is 20.8 Å². The summed E-state index contributed by atoms with van der Waals surface area (Å²) in [6, 6.07) is 0. The predicted molar refractivity (Wildman–Crippen MR) is 55.7 cm³/mol. The highest BCUT2D eigenvalue weighted by Crippen LogP contribution is 2.30. The van der Waals surface area contributed by atoms with E-state index in [9.17, 15) is 15.1 Å². The zero-order chi connectivity index (χ0) is 12.3. The molecule has 0 spiro atoms. The van der Waals surface area contributed by atoms with Crippen molar-refractivity contribution in [2.45, 2.75) is 45.3 Å². The van der Waals surface area contributed by atoms with Crippen molar-refractivity contribution in [1.82, 2.24) is 0 Å². The Labute approximate surface area is 94.0 Å². The molecule has 6 nitrogen and oxygen atoms in total. The summed E-state index contributed by atoms with van der Waals surface area (Å²) in [6.45, 7) is 5.35. The van der Waals surface area contributed by atoms with Crippen LogP contribution in [0.25, 0.3) is 0 Å². The highest BCUT2D eigenvalue weighted by molar-refractivity contribution is 6.36. The van der Waals surface area contributed by atoms with Gasteiger partial charge in [-0.2, -0.15) is 0 Å². The molecule has 92 valence electrons. The van der Waals surface area contributed by atoms with Gasteiger partial charge in [0, 0.05) is 0 Å². The second-order valence-electron chi connectivity index (χ2n) is 3.63. The van der Waals surface area contributed by atoms with Gasteiger partial charge in [-0.15, -0.1) is 0 Å². The molecule has 1 atom stereocenters. The zero-order valence-electron chi connectivity index (χ0n) is 9.73. The first kappa shape index (κ1) is 12.8. The van der Waals surface area contributed by atoms with E-state index in [1.807, 2.05) is 0 Å². The number of aliphatic hydroxyl groups is 1. The highest BCUT2D eigenvalue weighted by Gasteiger charge is 2.52. The van der Waals surface area contributed by atoms with Gasteiger partial charge in [-0.3, -0.25) is 5.21 Å². The number of hydrogen-bond acceptors (Lipinski definition) is 5. The van der Waals surface area contributed by atoms with Crippen molar-refractivity contribution in [3.8, 4) is 0 Å². The lowest BCUT2D eigenvalue weighted by atomic mass is 9.88. The number of aliphatic hydroxyl groups excluding tert-OH is 1.